The number of anilines is 3. The van der Waals surface area contributed by atoms with Gasteiger partial charge in [-0.15, -0.1) is 0 Å². The van der Waals surface area contributed by atoms with E-state index in [1.54, 1.807) is 50.6 Å². The standard InChI is InChI=1S/C50H66FN7O10/c1-49(2,3)41(54-47(63)67-9)45(61)56-27-11-13-35(56)43(59)52-32-21-15-29(16-22-32)37-39(65-7)40(66-8)38(58(37)34-25-19-31(51)20-26-34)30-17-23-33(24-18-30)53-44(60)36-14-12-28-57(36)46(62)42(50(4,5)6)55-48(64)68-10/h15-26,35-42H,11-14,27-28H2,1-10H3,(H,52,59)(H,53,60)(H,54,63)(H,55,64). The zero-order chi connectivity index (χ0) is 49.7. The number of benzene rings is 3. The predicted octanol–water partition coefficient (Wildman–Crippen LogP) is 6.56. The Hall–Kier alpha value is -6.27. The monoisotopic (exact) mass is 943 g/mol. The molecule has 8 unspecified atom stereocenters. The molecule has 8 atom stereocenters. The Kier molecular flexibility index (Phi) is 16.1. The number of halogens is 1. The summed E-state index contributed by atoms with van der Waals surface area (Å²) in [6.07, 6.45) is -0.399. The largest absolute Gasteiger partial charge is 0.453 e. The Bertz CT molecular complexity index is 2150. The Morgan fingerprint density at radius 2 is 0.941 bits per heavy atom. The average Bonchev–Trinajstić information content (AvgIpc) is 4.08. The zero-order valence-corrected chi connectivity index (χ0v) is 40.6. The van der Waals surface area contributed by atoms with Gasteiger partial charge in [0.05, 0.1) is 26.3 Å². The third kappa shape index (κ3) is 11.2. The molecule has 0 aromatic heterocycles. The Morgan fingerprint density at radius 3 is 1.26 bits per heavy atom. The fourth-order valence-electron chi connectivity index (χ4n) is 9.58. The lowest BCUT2D eigenvalue weighted by atomic mass is 9.85. The molecule has 3 aliphatic rings. The van der Waals surface area contributed by atoms with Crippen molar-refractivity contribution in [1.29, 1.82) is 0 Å². The van der Waals surface area contributed by atoms with Crippen LogP contribution in [0.25, 0.3) is 0 Å². The van der Waals surface area contributed by atoms with Crippen LogP contribution in [0.2, 0.25) is 0 Å². The lowest BCUT2D eigenvalue weighted by Crippen LogP contribution is -2.57. The van der Waals surface area contributed by atoms with E-state index in [0.717, 1.165) is 11.1 Å². The van der Waals surface area contributed by atoms with Crippen molar-refractivity contribution in [3.05, 3.63) is 89.7 Å². The number of likely N-dealkylation sites (tertiary alicyclic amines) is 2. The van der Waals surface area contributed by atoms with E-state index >= 15 is 0 Å². The maximum Gasteiger partial charge on any atom is 0.407 e. The van der Waals surface area contributed by atoms with Gasteiger partial charge in [-0.3, -0.25) is 19.2 Å². The summed E-state index contributed by atoms with van der Waals surface area (Å²) in [7, 11) is 5.67. The van der Waals surface area contributed by atoms with Crippen LogP contribution in [-0.2, 0) is 38.1 Å². The third-order valence-corrected chi connectivity index (χ3v) is 13.1. The quantitative estimate of drug-likeness (QED) is 0.145. The van der Waals surface area contributed by atoms with Crippen LogP contribution in [0.5, 0.6) is 0 Å². The summed E-state index contributed by atoms with van der Waals surface area (Å²) in [5.41, 5.74) is 2.04. The average molecular weight is 944 g/mol. The van der Waals surface area contributed by atoms with Crippen molar-refractivity contribution in [3.8, 4) is 0 Å². The first-order valence-electron chi connectivity index (χ1n) is 22.9. The van der Waals surface area contributed by atoms with Crippen LogP contribution < -0.4 is 26.2 Å². The van der Waals surface area contributed by atoms with Gasteiger partial charge in [-0.2, -0.15) is 0 Å². The molecule has 0 radical (unpaired) electrons. The minimum Gasteiger partial charge on any atom is -0.453 e. The normalized spacial score (nSPS) is 22.5. The van der Waals surface area contributed by atoms with Crippen LogP contribution in [0.3, 0.4) is 0 Å². The van der Waals surface area contributed by atoms with Crippen molar-refractivity contribution in [2.24, 2.45) is 10.8 Å². The van der Waals surface area contributed by atoms with Gasteiger partial charge in [0.25, 0.3) is 0 Å². The lowest BCUT2D eigenvalue weighted by molar-refractivity contribution is -0.140. The molecular weight excluding hydrogens is 878 g/mol. The van der Waals surface area contributed by atoms with Gasteiger partial charge in [0.2, 0.25) is 23.6 Å². The van der Waals surface area contributed by atoms with Crippen LogP contribution >= 0.6 is 0 Å². The van der Waals surface area contributed by atoms with E-state index < -0.39 is 77.3 Å². The molecule has 0 saturated carbocycles. The molecule has 3 heterocycles. The van der Waals surface area contributed by atoms with E-state index in [-0.39, 0.29) is 23.6 Å². The van der Waals surface area contributed by atoms with Gasteiger partial charge in [0.15, 0.2) is 0 Å². The molecule has 6 amide bonds. The highest BCUT2D eigenvalue weighted by Gasteiger charge is 2.51. The molecule has 6 rings (SSSR count). The second kappa shape index (κ2) is 21.4. The third-order valence-electron chi connectivity index (χ3n) is 13.1. The number of hydrogen-bond acceptors (Lipinski definition) is 11. The van der Waals surface area contributed by atoms with Crippen molar-refractivity contribution in [2.75, 3.05) is 57.1 Å². The van der Waals surface area contributed by atoms with Gasteiger partial charge in [-0.1, -0.05) is 65.8 Å². The molecule has 17 nitrogen and oxygen atoms in total. The van der Waals surface area contributed by atoms with Crippen molar-refractivity contribution >= 4 is 52.9 Å². The maximum atomic E-state index is 14.4. The van der Waals surface area contributed by atoms with E-state index in [1.807, 2.05) is 65.8 Å². The van der Waals surface area contributed by atoms with Gasteiger partial charge < -0.3 is 54.9 Å². The van der Waals surface area contributed by atoms with Crippen molar-refractivity contribution in [1.82, 2.24) is 20.4 Å². The fraction of sp³-hybridized carbons (Fsp3) is 0.520. The molecule has 0 spiro atoms. The minimum absolute atomic E-state index is 0.354. The molecule has 3 aromatic rings. The smallest absolute Gasteiger partial charge is 0.407 e. The number of hydrogen-bond donors (Lipinski definition) is 4. The summed E-state index contributed by atoms with van der Waals surface area (Å²) < 4.78 is 36.4. The van der Waals surface area contributed by atoms with E-state index in [9.17, 15) is 33.2 Å². The van der Waals surface area contributed by atoms with E-state index in [4.69, 9.17) is 18.9 Å². The summed E-state index contributed by atoms with van der Waals surface area (Å²) in [6, 6.07) is 16.6. The number of rotatable bonds is 13. The van der Waals surface area contributed by atoms with Crippen LogP contribution in [-0.4, -0.2) is 124 Å². The van der Waals surface area contributed by atoms with Gasteiger partial charge in [-0.25, -0.2) is 14.0 Å². The number of alkyl carbamates (subject to hydrolysis) is 2. The van der Waals surface area contributed by atoms with E-state index in [2.05, 4.69) is 26.2 Å². The number of methoxy groups -OCH3 is 4. The number of carbonyl (C=O) groups is 6. The molecular formula is C50H66FN7O10. The zero-order valence-electron chi connectivity index (χ0n) is 40.6. The maximum absolute atomic E-state index is 14.4. The molecule has 3 saturated heterocycles. The van der Waals surface area contributed by atoms with Crippen molar-refractivity contribution in [2.45, 2.75) is 116 Å². The molecule has 0 bridgehead atoms. The molecule has 3 aromatic carbocycles. The summed E-state index contributed by atoms with van der Waals surface area (Å²) in [5.74, 6) is -1.84. The first-order valence-corrected chi connectivity index (χ1v) is 22.9. The fourth-order valence-corrected chi connectivity index (χ4v) is 9.58. The molecule has 18 heteroatoms. The van der Waals surface area contributed by atoms with Crippen molar-refractivity contribution < 1.29 is 52.1 Å². The summed E-state index contributed by atoms with van der Waals surface area (Å²) in [6.45, 7) is 11.7. The molecule has 3 fully saturated rings. The van der Waals surface area contributed by atoms with Gasteiger partial charge in [0, 0.05) is 44.4 Å². The van der Waals surface area contributed by atoms with Gasteiger partial charge >= 0.3 is 12.2 Å². The Morgan fingerprint density at radius 1 is 0.574 bits per heavy atom. The van der Waals surface area contributed by atoms with Crippen LogP contribution in [0, 0.1) is 16.6 Å². The van der Waals surface area contributed by atoms with Gasteiger partial charge in [0.1, 0.15) is 42.2 Å². The predicted molar refractivity (Wildman–Crippen MR) is 253 cm³/mol. The first-order chi connectivity index (χ1) is 32.2. The van der Waals surface area contributed by atoms with Gasteiger partial charge in [-0.05, 0) is 96.2 Å². The highest BCUT2D eigenvalue weighted by atomic mass is 19.1. The summed E-state index contributed by atoms with van der Waals surface area (Å²) >= 11 is 0. The second-order valence-electron chi connectivity index (χ2n) is 19.6. The van der Waals surface area contributed by atoms with E-state index in [1.165, 1.54) is 36.2 Å². The van der Waals surface area contributed by atoms with Crippen LogP contribution in [0.4, 0.5) is 31.0 Å². The number of amides is 6. The van der Waals surface area contributed by atoms with Crippen molar-refractivity contribution in [3.63, 3.8) is 0 Å². The number of nitrogens with zero attached hydrogens (tertiary/aromatic N) is 3. The second-order valence-corrected chi connectivity index (χ2v) is 19.6. The topological polar surface area (TPSA) is 197 Å². The molecule has 3 aliphatic heterocycles. The lowest BCUT2D eigenvalue weighted by Gasteiger charge is -2.35. The summed E-state index contributed by atoms with van der Waals surface area (Å²) in [4.78, 5) is 84.7. The Balaban J connectivity index is 1.22. The highest BCUT2D eigenvalue weighted by Crippen LogP contribution is 2.49. The number of nitrogens with one attached hydrogen (secondary N) is 4. The molecule has 368 valence electrons. The SMILES string of the molecule is COC(=O)NC(C(=O)N1CCCC1C(=O)Nc1ccc(C2C(OC)C(OC)C(c3ccc(NC(=O)C4CCCN4C(=O)C(NC(=O)OC)C(C)(C)C)cc3)N2c2ccc(F)cc2)cc1)C(C)(C)C. The highest BCUT2D eigenvalue weighted by molar-refractivity contribution is 6.00. The summed E-state index contributed by atoms with van der Waals surface area (Å²) in [5, 5.41) is 11.3. The number of ether oxygens (including phenoxy) is 4. The number of carbonyl (C=O) groups excluding carboxylic acids is 6. The molecule has 68 heavy (non-hydrogen) atoms. The molecule has 4 N–H and O–H groups in total. The minimum atomic E-state index is -0.913. The van der Waals surface area contributed by atoms with Crippen LogP contribution in [0.15, 0.2) is 72.8 Å². The first kappa shape index (κ1) is 51.1. The Labute approximate surface area is 397 Å². The van der Waals surface area contributed by atoms with Crippen LogP contribution in [0.1, 0.15) is 90.4 Å². The molecule has 0 aliphatic carbocycles. The van der Waals surface area contributed by atoms with E-state index in [0.29, 0.717) is 55.8 Å².